The Hall–Kier alpha value is -1.99. The molecule has 1 aromatic heterocycles. The lowest BCUT2D eigenvalue weighted by molar-refractivity contribution is 0.105. The maximum atomic E-state index is 12.5. The van der Waals surface area contributed by atoms with Crippen LogP contribution in [0.25, 0.3) is 11.0 Å². The summed E-state index contributed by atoms with van der Waals surface area (Å²) in [5.74, 6) is 0. The number of imidazole rings is 1. The first-order valence-electron chi connectivity index (χ1n) is 9.62. The number of benzene rings is 1. The minimum absolute atomic E-state index is 0.0694. The van der Waals surface area contributed by atoms with Crippen molar-refractivity contribution in [3.8, 4) is 0 Å². The number of fused-ring (bicyclic) bond motifs is 1. The lowest BCUT2D eigenvalue weighted by Gasteiger charge is -2.36. The van der Waals surface area contributed by atoms with Gasteiger partial charge in [0.1, 0.15) is 0 Å². The molecule has 2 aliphatic heterocycles. The summed E-state index contributed by atoms with van der Waals surface area (Å²) in [5, 5.41) is 0.637. The molecule has 0 unspecified atom stereocenters. The van der Waals surface area contributed by atoms with E-state index in [1.807, 2.05) is 23.6 Å². The molecule has 27 heavy (non-hydrogen) atoms. The third-order valence-corrected chi connectivity index (χ3v) is 5.98. The number of carbonyl (C=O) groups is 1. The Morgan fingerprint density at radius 3 is 2.70 bits per heavy atom. The van der Waals surface area contributed by atoms with E-state index in [-0.39, 0.29) is 17.8 Å². The molecular formula is C19H25ClN4O3. The number of hydrogen-bond acceptors (Lipinski definition) is 4. The van der Waals surface area contributed by atoms with E-state index in [1.165, 1.54) is 0 Å². The van der Waals surface area contributed by atoms with Crippen molar-refractivity contribution in [3.05, 3.63) is 33.7 Å². The number of nitrogens with zero attached hydrogens (tertiary/aromatic N) is 3. The van der Waals surface area contributed by atoms with Gasteiger partial charge in [0.15, 0.2) is 0 Å². The molecule has 2 aliphatic rings. The van der Waals surface area contributed by atoms with Crippen molar-refractivity contribution in [2.75, 3.05) is 32.8 Å². The van der Waals surface area contributed by atoms with Crippen LogP contribution in [0.3, 0.4) is 0 Å². The summed E-state index contributed by atoms with van der Waals surface area (Å²) in [6.07, 6.45) is 2.59. The normalized spacial score (nSPS) is 21.9. The zero-order chi connectivity index (χ0) is 19.0. The highest BCUT2D eigenvalue weighted by atomic mass is 35.5. The smallest absolute Gasteiger partial charge is 0.409 e. The maximum absolute atomic E-state index is 12.5. The molecule has 2 fully saturated rings. The molecule has 146 valence electrons. The molecule has 8 heteroatoms. The molecule has 0 spiro atoms. The van der Waals surface area contributed by atoms with Crippen molar-refractivity contribution in [3.63, 3.8) is 0 Å². The van der Waals surface area contributed by atoms with Gasteiger partial charge in [-0.05, 0) is 44.4 Å². The molecule has 7 nitrogen and oxygen atoms in total. The van der Waals surface area contributed by atoms with Gasteiger partial charge in [0.05, 0.1) is 17.6 Å². The number of amides is 1. The van der Waals surface area contributed by atoms with E-state index in [2.05, 4.69) is 9.88 Å². The molecule has 2 saturated heterocycles. The predicted octanol–water partition coefficient (Wildman–Crippen LogP) is 2.85. The summed E-state index contributed by atoms with van der Waals surface area (Å²) >= 11 is 6.13. The monoisotopic (exact) mass is 392 g/mol. The number of ether oxygens (including phenoxy) is 1. The summed E-state index contributed by atoms with van der Waals surface area (Å²) in [5.41, 5.74) is 1.63. The first-order chi connectivity index (χ1) is 13.1. The highest BCUT2D eigenvalue weighted by Gasteiger charge is 2.33. The van der Waals surface area contributed by atoms with E-state index < -0.39 is 0 Å². The Kier molecular flexibility index (Phi) is 5.14. The molecule has 1 amide bonds. The standard InChI is InChI=1S/C19H25ClN4O3/c1-2-27-19(26)23-10-7-15(12-23)22-8-5-14(6-9-22)24-17-11-13(20)3-4-16(17)21-18(24)25/h3-4,11,14-15H,2,5-10,12H2,1H3,(H,21,25)/t15-/m0/s1. The number of aromatic nitrogens is 2. The number of rotatable bonds is 3. The third-order valence-electron chi connectivity index (χ3n) is 5.75. The number of halogens is 1. The largest absolute Gasteiger partial charge is 0.450 e. The summed E-state index contributed by atoms with van der Waals surface area (Å²) in [6.45, 7) is 5.57. The Morgan fingerprint density at radius 1 is 1.22 bits per heavy atom. The molecule has 4 rings (SSSR count). The fourth-order valence-electron chi connectivity index (χ4n) is 4.39. The van der Waals surface area contributed by atoms with Crippen molar-refractivity contribution in [2.24, 2.45) is 0 Å². The second-order valence-electron chi connectivity index (χ2n) is 7.32. The molecule has 2 aromatic rings. The van der Waals surface area contributed by atoms with Gasteiger partial charge in [-0.3, -0.25) is 9.47 Å². The highest BCUT2D eigenvalue weighted by Crippen LogP contribution is 2.29. The van der Waals surface area contributed by atoms with E-state index in [1.54, 1.807) is 11.0 Å². The molecule has 1 atom stereocenters. The Morgan fingerprint density at radius 2 is 1.96 bits per heavy atom. The minimum atomic E-state index is -0.211. The van der Waals surface area contributed by atoms with Crippen molar-refractivity contribution in [1.82, 2.24) is 19.4 Å². The number of likely N-dealkylation sites (tertiary alicyclic amines) is 2. The van der Waals surface area contributed by atoms with Gasteiger partial charge >= 0.3 is 11.8 Å². The third kappa shape index (κ3) is 3.58. The van der Waals surface area contributed by atoms with Crippen LogP contribution in [0, 0.1) is 0 Å². The summed E-state index contributed by atoms with van der Waals surface area (Å²) in [6, 6.07) is 6.05. The van der Waals surface area contributed by atoms with Crippen LogP contribution < -0.4 is 5.69 Å². The van der Waals surface area contributed by atoms with E-state index in [0.717, 1.165) is 56.5 Å². The molecule has 1 N–H and O–H groups in total. The van der Waals surface area contributed by atoms with E-state index in [4.69, 9.17) is 16.3 Å². The molecule has 0 aliphatic carbocycles. The number of carbonyl (C=O) groups excluding carboxylic acids is 1. The van der Waals surface area contributed by atoms with E-state index in [0.29, 0.717) is 17.7 Å². The van der Waals surface area contributed by atoms with Crippen LogP contribution >= 0.6 is 11.6 Å². The number of aromatic amines is 1. The van der Waals surface area contributed by atoms with Crippen LogP contribution in [0.2, 0.25) is 5.02 Å². The van der Waals surface area contributed by atoms with E-state index >= 15 is 0 Å². The van der Waals surface area contributed by atoms with Crippen LogP contribution in [0.4, 0.5) is 4.79 Å². The SMILES string of the molecule is CCOC(=O)N1CC[C@H](N2CCC(n3c(=O)[nH]c4ccc(Cl)cc43)CC2)C1. The van der Waals surface area contributed by atoms with E-state index in [9.17, 15) is 9.59 Å². The Bertz CT molecular complexity index is 885. The fourth-order valence-corrected chi connectivity index (χ4v) is 4.55. The average Bonchev–Trinajstić information content (AvgIpc) is 3.26. The van der Waals surface area contributed by atoms with Crippen molar-refractivity contribution in [1.29, 1.82) is 0 Å². The van der Waals surface area contributed by atoms with Gasteiger partial charge in [-0.2, -0.15) is 0 Å². The number of piperidine rings is 1. The second kappa shape index (κ2) is 7.56. The fraction of sp³-hybridized carbons (Fsp3) is 0.579. The summed E-state index contributed by atoms with van der Waals surface area (Å²) in [7, 11) is 0. The number of hydrogen-bond donors (Lipinski definition) is 1. The van der Waals surface area contributed by atoms with Gasteiger partial charge in [0, 0.05) is 43.3 Å². The van der Waals surface area contributed by atoms with Crippen LogP contribution in [-0.4, -0.2) is 64.3 Å². The predicted molar refractivity (Wildman–Crippen MR) is 104 cm³/mol. The van der Waals surface area contributed by atoms with Gasteiger partial charge < -0.3 is 14.6 Å². The van der Waals surface area contributed by atoms with Gasteiger partial charge in [-0.25, -0.2) is 9.59 Å². The highest BCUT2D eigenvalue weighted by molar-refractivity contribution is 6.31. The summed E-state index contributed by atoms with van der Waals surface area (Å²) < 4.78 is 6.97. The maximum Gasteiger partial charge on any atom is 0.409 e. The molecule has 0 radical (unpaired) electrons. The van der Waals surface area contributed by atoms with Gasteiger partial charge in [-0.15, -0.1) is 0 Å². The van der Waals surface area contributed by atoms with Crippen LogP contribution in [-0.2, 0) is 4.74 Å². The Balaban J connectivity index is 1.42. The first-order valence-corrected chi connectivity index (χ1v) is 10.00. The van der Waals surface area contributed by atoms with Crippen LogP contribution in [0.1, 0.15) is 32.2 Å². The molecule has 0 bridgehead atoms. The second-order valence-corrected chi connectivity index (χ2v) is 7.75. The zero-order valence-electron chi connectivity index (χ0n) is 15.5. The number of H-pyrrole nitrogens is 1. The lowest BCUT2D eigenvalue weighted by Crippen LogP contribution is -2.44. The van der Waals surface area contributed by atoms with Crippen molar-refractivity contribution >= 4 is 28.7 Å². The molecule has 1 aromatic carbocycles. The van der Waals surface area contributed by atoms with Gasteiger partial charge in [-0.1, -0.05) is 11.6 Å². The quantitative estimate of drug-likeness (QED) is 0.871. The summed E-state index contributed by atoms with van der Waals surface area (Å²) in [4.78, 5) is 31.5. The molecular weight excluding hydrogens is 368 g/mol. The van der Waals surface area contributed by atoms with Gasteiger partial charge in [0.2, 0.25) is 0 Å². The topological polar surface area (TPSA) is 70.6 Å². The first kappa shape index (κ1) is 18.4. The molecule has 0 saturated carbocycles. The lowest BCUT2D eigenvalue weighted by atomic mass is 10.0. The average molecular weight is 393 g/mol. The van der Waals surface area contributed by atoms with Crippen LogP contribution in [0.15, 0.2) is 23.0 Å². The number of nitrogens with one attached hydrogen (secondary N) is 1. The van der Waals surface area contributed by atoms with Crippen molar-refractivity contribution < 1.29 is 9.53 Å². The van der Waals surface area contributed by atoms with Crippen molar-refractivity contribution in [2.45, 2.75) is 38.3 Å². The van der Waals surface area contributed by atoms with Gasteiger partial charge in [0.25, 0.3) is 0 Å². The minimum Gasteiger partial charge on any atom is -0.450 e. The molecule has 3 heterocycles. The zero-order valence-corrected chi connectivity index (χ0v) is 16.2. The van der Waals surface area contributed by atoms with Crippen LogP contribution in [0.5, 0.6) is 0 Å². The Labute approximate surface area is 162 Å².